The fourth-order valence-electron chi connectivity index (χ4n) is 3.13. The van der Waals surface area contributed by atoms with Crippen LogP contribution in [-0.4, -0.2) is 23.3 Å². The zero-order valence-corrected chi connectivity index (χ0v) is 17.0. The van der Waals surface area contributed by atoms with Crippen LogP contribution >= 0.6 is 0 Å². The first-order valence-electron chi connectivity index (χ1n) is 9.85. The molecule has 2 amide bonds. The molecule has 1 heterocycles. The molecule has 1 aromatic heterocycles. The van der Waals surface area contributed by atoms with Gasteiger partial charge in [0, 0.05) is 23.7 Å². The van der Waals surface area contributed by atoms with Crippen LogP contribution in [0, 0.1) is 6.92 Å². The summed E-state index contributed by atoms with van der Waals surface area (Å²) in [7, 11) is 0. The van der Waals surface area contributed by atoms with Gasteiger partial charge in [-0.3, -0.25) is 9.59 Å². The molecule has 31 heavy (non-hydrogen) atoms. The molecule has 6 heteroatoms. The molecule has 6 nitrogen and oxygen atoms in total. The number of amides is 2. The van der Waals surface area contributed by atoms with Gasteiger partial charge in [-0.15, -0.1) is 0 Å². The van der Waals surface area contributed by atoms with Crippen LogP contribution < -0.4 is 10.6 Å². The Morgan fingerprint density at radius 3 is 2.13 bits per heavy atom. The van der Waals surface area contributed by atoms with Crippen molar-refractivity contribution in [3.63, 3.8) is 0 Å². The number of aromatic nitrogens is 1. The largest absolute Gasteiger partial charge is 0.441 e. The summed E-state index contributed by atoms with van der Waals surface area (Å²) in [5.41, 5.74) is 4.11. The van der Waals surface area contributed by atoms with Crippen molar-refractivity contribution >= 4 is 17.5 Å². The molecule has 4 rings (SSSR count). The summed E-state index contributed by atoms with van der Waals surface area (Å²) in [6.45, 7) is 1.66. The van der Waals surface area contributed by atoms with Gasteiger partial charge in [0.05, 0.1) is 12.7 Å². The summed E-state index contributed by atoms with van der Waals surface area (Å²) >= 11 is 0. The van der Waals surface area contributed by atoms with Crippen LogP contribution in [0.2, 0.25) is 0 Å². The molecule has 154 valence electrons. The Balaban J connectivity index is 1.30. The van der Waals surface area contributed by atoms with Crippen LogP contribution in [0.15, 0.2) is 89.5 Å². The fourth-order valence-corrected chi connectivity index (χ4v) is 3.13. The smallest absolute Gasteiger partial charge is 0.251 e. The van der Waals surface area contributed by atoms with E-state index in [1.807, 2.05) is 54.6 Å². The number of nitrogens with zero attached hydrogens (tertiary/aromatic N) is 1. The SMILES string of the molecule is Cc1ncc(-c2ccc(NC(=O)CNC(=O)c3ccc(-c4ccccc4)cc3)cc2)o1. The number of nitrogens with one attached hydrogen (secondary N) is 2. The van der Waals surface area contributed by atoms with Crippen molar-refractivity contribution < 1.29 is 14.0 Å². The molecule has 0 fully saturated rings. The van der Waals surface area contributed by atoms with Gasteiger partial charge in [-0.2, -0.15) is 0 Å². The van der Waals surface area contributed by atoms with Gasteiger partial charge < -0.3 is 15.1 Å². The number of anilines is 1. The summed E-state index contributed by atoms with van der Waals surface area (Å²) in [4.78, 5) is 28.6. The molecule has 0 saturated heterocycles. The number of aryl methyl sites for hydroxylation is 1. The van der Waals surface area contributed by atoms with Crippen LogP contribution in [0.5, 0.6) is 0 Å². The third-order valence-corrected chi connectivity index (χ3v) is 4.74. The highest BCUT2D eigenvalue weighted by molar-refractivity contribution is 5.99. The minimum Gasteiger partial charge on any atom is -0.441 e. The zero-order valence-electron chi connectivity index (χ0n) is 17.0. The van der Waals surface area contributed by atoms with Crippen molar-refractivity contribution in [1.82, 2.24) is 10.3 Å². The van der Waals surface area contributed by atoms with Gasteiger partial charge in [-0.1, -0.05) is 42.5 Å². The highest BCUT2D eigenvalue weighted by atomic mass is 16.4. The highest BCUT2D eigenvalue weighted by Crippen LogP contribution is 2.22. The Hall–Kier alpha value is -4.19. The molecule has 0 aliphatic rings. The van der Waals surface area contributed by atoms with Crippen LogP contribution in [0.1, 0.15) is 16.2 Å². The number of oxazole rings is 1. The van der Waals surface area contributed by atoms with E-state index in [9.17, 15) is 9.59 Å². The number of hydrogen-bond donors (Lipinski definition) is 2. The van der Waals surface area contributed by atoms with Gasteiger partial charge >= 0.3 is 0 Å². The van der Waals surface area contributed by atoms with Crippen molar-refractivity contribution in [3.05, 3.63) is 96.5 Å². The lowest BCUT2D eigenvalue weighted by molar-refractivity contribution is -0.115. The fraction of sp³-hybridized carbons (Fsp3) is 0.0800. The summed E-state index contributed by atoms with van der Waals surface area (Å²) in [6, 6.07) is 24.4. The summed E-state index contributed by atoms with van der Waals surface area (Å²) in [6.07, 6.45) is 1.66. The van der Waals surface area contributed by atoms with E-state index >= 15 is 0 Å². The van der Waals surface area contributed by atoms with E-state index in [0.717, 1.165) is 16.7 Å². The normalized spacial score (nSPS) is 10.5. The second kappa shape index (κ2) is 9.09. The van der Waals surface area contributed by atoms with E-state index in [4.69, 9.17) is 4.42 Å². The molecular weight excluding hydrogens is 390 g/mol. The maximum atomic E-state index is 12.3. The maximum Gasteiger partial charge on any atom is 0.251 e. The summed E-state index contributed by atoms with van der Waals surface area (Å²) < 4.78 is 5.48. The molecule has 2 N–H and O–H groups in total. The van der Waals surface area contributed by atoms with E-state index in [-0.39, 0.29) is 18.4 Å². The first-order chi connectivity index (χ1) is 15.1. The second-order valence-electron chi connectivity index (χ2n) is 7.00. The lowest BCUT2D eigenvalue weighted by Gasteiger charge is -2.08. The summed E-state index contributed by atoms with van der Waals surface area (Å²) in [5, 5.41) is 5.41. The predicted octanol–water partition coefficient (Wildman–Crippen LogP) is 4.69. The topological polar surface area (TPSA) is 84.2 Å². The molecule has 0 aliphatic carbocycles. The number of carbonyl (C=O) groups is 2. The Morgan fingerprint density at radius 1 is 0.839 bits per heavy atom. The molecule has 0 spiro atoms. The average Bonchev–Trinajstić information content (AvgIpc) is 3.25. The monoisotopic (exact) mass is 411 g/mol. The number of hydrogen-bond acceptors (Lipinski definition) is 4. The Morgan fingerprint density at radius 2 is 1.48 bits per heavy atom. The Kier molecular flexibility index (Phi) is 5.89. The van der Waals surface area contributed by atoms with Gasteiger partial charge in [0.2, 0.25) is 5.91 Å². The van der Waals surface area contributed by atoms with Crippen LogP contribution in [0.25, 0.3) is 22.5 Å². The average molecular weight is 411 g/mol. The molecule has 0 atom stereocenters. The van der Waals surface area contributed by atoms with E-state index in [1.165, 1.54) is 0 Å². The number of rotatable bonds is 6. The van der Waals surface area contributed by atoms with Crippen molar-refractivity contribution in [1.29, 1.82) is 0 Å². The predicted molar refractivity (Wildman–Crippen MR) is 120 cm³/mol. The van der Waals surface area contributed by atoms with Gasteiger partial charge in [-0.05, 0) is 47.5 Å². The van der Waals surface area contributed by atoms with Crippen molar-refractivity contribution in [2.75, 3.05) is 11.9 Å². The highest BCUT2D eigenvalue weighted by Gasteiger charge is 2.09. The van der Waals surface area contributed by atoms with Crippen LogP contribution in [-0.2, 0) is 4.79 Å². The molecule has 0 saturated carbocycles. The molecule has 0 bridgehead atoms. The van der Waals surface area contributed by atoms with Crippen LogP contribution in [0.4, 0.5) is 5.69 Å². The molecule has 0 aliphatic heterocycles. The van der Waals surface area contributed by atoms with Gasteiger partial charge in [-0.25, -0.2) is 4.98 Å². The Labute approximate surface area is 179 Å². The minimum atomic E-state index is -0.308. The third kappa shape index (κ3) is 5.05. The molecule has 0 unspecified atom stereocenters. The number of carbonyl (C=O) groups excluding carboxylic acids is 2. The lowest BCUT2D eigenvalue weighted by Crippen LogP contribution is -2.32. The van der Waals surface area contributed by atoms with Gasteiger partial charge in [0.25, 0.3) is 5.91 Å². The first kappa shape index (κ1) is 20.1. The molecule has 3 aromatic carbocycles. The zero-order chi connectivity index (χ0) is 21.6. The van der Waals surface area contributed by atoms with Crippen LogP contribution in [0.3, 0.4) is 0 Å². The minimum absolute atomic E-state index is 0.123. The van der Waals surface area contributed by atoms with Gasteiger partial charge in [0.15, 0.2) is 11.7 Å². The third-order valence-electron chi connectivity index (χ3n) is 4.74. The second-order valence-corrected chi connectivity index (χ2v) is 7.00. The first-order valence-corrected chi connectivity index (χ1v) is 9.85. The Bertz CT molecular complexity index is 1180. The van der Waals surface area contributed by atoms with Gasteiger partial charge in [0.1, 0.15) is 0 Å². The molecule has 0 radical (unpaired) electrons. The maximum absolute atomic E-state index is 12.3. The van der Waals surface area contributed by atoms with E-state index in [0.29, 0.717) is 22.9 Å². The standard InChI is InChI=1S/C25H21N3O3/c1-17-26-15-23(31-17)20-11-13-22(14-12-20)28-24(29)16-27-25(30)21-9-7-19(8-10-21)18-5-3-2-4-6-18/h2-15H,16H2,1H3,(H,27,30)(H,28,29). The molecular formula is C25H21N3O3. The quantitative estimate of drug-likeness (QED) is 0.482. The number of benzene rings is 3. The van der Waals surface area contributed by atoms with Crippen molar-refractivity contribution in [2.45, 2.75) is 6.92 Å². The lowest BCUT2D eigenvalue weighted by atomic mass is 10.0. The van der Waals surface area contributed by atoms with E-state index in [2.05, 4.69) is 15.6 Å². The van der Waals surface area contributed by atoms with Crippen molar-refractivity contribution in [3.8, 4) is 22.5 Å². The van der Waals surface area contributed by atoms with Crippen molar-refractivity contribution in [2.24, 2.45) is 0 Å². The van der Waals surface area contributed by atoms with E-state index < -0.39 is 0 Å². The van der Waals surface area contributed by atoms with E-state index in [1.54, 1.807) is 37.4 Å². The molecule has 4 aromatic rings. The summed E-state index contributed by atoms with van der Waals surface area (Å²) in [5.74, 6) is 0.655.